The lowest BCUT2D eigenvalue weighted by Crippen LogP contribution is -2.43. The zero-order valence-corrected chi connectivity index (χ0v) is 12.0. The van der Waals surface area contributed by atoms with Crippen LogP contribution in [0.1, 0.15) is 43.6 Å². The van der Waals surface area contributed by atoms with E-state index in [1.807, 2.05) is 6.92 Å². The molecule has 3 heteroatoms. The van der Waals surface area contributed by atoms with Gasteiger partial charge in [0.1, 0.15) is 5.82 Å². The van der Waals surface area contributed by atoms with Crippen molar-refractivity contribution in [3.63, 3.8) is 0 Å². The Morgan fingerprint density at radius 3 is 2.39 bits per heavy atom. The molecule has 0 N–H and O–H groups in total. The topological polar surface area (TPSA) is 20.3 Å². The van der Waals surface area contributed by atoms with Crippen LogP contribution in [0.4, 0.5) is 4.39 Å². The molecule has 18 heavy (non-hydrogen) atoms. The summed E-state index contributed by atoms with van der Waals surface area (Å²) in [5.41, 5.74) is 0.608. The van der Waals surface area contributed by atoms with Crippen molar-refractivity contribution < 1.29 is 9.18 Å². The van der Waals surface area contributed by atoms with Gasteiger partial charge in [-0.25, -0.2) is 4.39 Å². The smallest absolute Gasteiger partial charge is 0.256 e. The van der Waals surface area contributed by atoms with Gasteiger partial charge in [0.25, 0.3) is 5.91 Å². The van der Waals surface area contributed by atoms with E-state index in [0.717, 1.165) is 0 Å². The molecular formula is C15H22FNO. The van der Waals surface area contributed by atoms with Crippen LogP contribution in [0.3, 0.4) is 0 Å². The van der Waals surface area contributed by atoms with Crippen LogP contribution in [0.25, 0.3) is 0 Å². The summed E-state index contributed by atoms with van der Waals surface area (Å²) < 4.78 is 13.9. The second-order valence-corrected chi connectivity index (χ2v) is 5.89. The minimum atomic E-state index is -0.421. The van der Waals surface area contributed by atoms with Gasteiger partial charge in [0.2, 0.25) is 0 Å². The van der Waals surface area contributed by atoms with Gasteiger partial charge in [-0.2, -0.15) is 0 Å². The molecule has 0 aliphatic heterocycles. The van der Waals surface area contributed by atoms with E-state index >= 15 is 0 Å². The normalized spacial score (nSPS) is 13.3. The number of aryl methyl sites for hydroxylation is 1. The fourth-order valence-corrected chi connectivity index (χ4v) is 1.76. The highest BCUT2D eigenvalue weighted by atomic mass is 19.1. The number of carbonyl (C=O) groups is 1. The van der Waals surface area contributed by atoms with Gasteiger partial charge in [-0.15, -0.1) is 0 Å². The van der Waals surface area contributed by atoms with Gasteiger partial charge in [-0.1, -0.05) is 32.9 Å². The van der Waals surface area contributed by atoms with E-state index in [9.17, 15) is 9.18 Å². The van der Waals surface area contributed by atoms with Gasteiger partial charge in [-0.3, -0.25) is 4.79 Å². The van der Waals surface area contributed by atoms with Crippen molar-refractivity contribution in [3.05, 3.63) is 35.1 Å². The molecule has 1 atom stereocenters. The van der Waals surface area contributed by atoms with Gasteiger partial charge in [0.05, 0.1) is 5.56 Å². The van der Waals surface area contributed by atoms with Crippen LogP contribution in [0.15, 0.2) is 18.2 Å². The third-order valence-electron chi connectivity index (χ3n) is 3.58. The summed E-state index contributed by atoms with van der Waals surface area (Å²) in [6, 6.07) is 4.95. The minimum absolute atomic E-state index is 0.0323. The second kappa shape index (κ2) is 5.09. The Kier molecular flexibility index (Phi) is 4.15. The monoisotopic (exact) mass is 251 g/mol. The number of hydrogen-bond acceptors (Lipinski definition) is 1. The fraction of sp³-hybridized carbons (Fsp3) is 0.533. The Balaban J connectivity index is 3.05. The van der Waals surface area contributed by atoms with Crippen molar-refractivity contribution in [2.45, 2.75) is 40.7 Å². The number of halogens is 1. The quantitative estimate of drug-likeness (QED) is 0.785. The zero-order chi connectivity index (χ0) is 14.1. The maximum Gasteiger partial charge on any atom is 0.256 e. The fourth-order valence-electron chi connectivity index (χ4n) is 1.76. The lowest BCUT2D eigenvalue weighted by molar-refractivity contribution is 0.0624. The minimum Gasteiger partial charge on any atom is -0.338 e. The first-order valence-corrected chi connectivity index (χ1v) is 6.18. The lowest BCUT2D eigenvalue weighted by Gasteiger charge is -2.35. The molecule has 1 aromatic rings. The van der Waals surface area contributed by atoms with Crippen molar-refractivity contribution >= 4 is 5.91 Å². The molecule has 0 radical (unpaired) electrons. The lowest BCUT2D eigenvalue weighted by atomic mass is 9.87. The van der Waals surface area contributed by atoms with E-state index in [-0.39, 0.29) is 22.9 Å². The molecule has 0 bridgehead atoms. The molecule has 0 aliphatic rings. The molecule has 1 aromatic carbocycles. The molecule has 0 heterocycles. The molecule has 0 fully saturated rings. The molecule has 100 valence electrons. The van der Waals surface area contributed by atoms with E-state index in [1.54, 1.807) is 31.0 Å². The summed E-state index contributed by atoms with van der Waals surface area (Å²) in [7, 11) is 1.72. The first-order valence-electron chi connectivity index (χ1n) is 6.18. The van der Waals surface area contributed by atoms with Crippen molar-refractivity contribution in [1.82, 2.24) is 4.90 Å². The molecule has 2 nitrogen and oxygen atoms in total. The zero-order valence-electron chi connectivity index (χ0n) is 12.0. The van der Waals surface area contributed by atoms with Crippen LogP contribution >= 0.6 is 0 Å². The molecule has 0 aliphatic carbocycles. The molecule has 0 aromatic heterocycles. The average Bonchev–Trinajstić information content (AvgIpc) is 2.28. The Labute approximate surface area is 109 Å². The van der Waals surface area contributed by atoms with Crippen LogP contribution < -0.4 is 0 Å². The number of rotatable bonds is 2. The first kappa shape index (κ1) is 14.7. The van der Waals surface area contributed by atoms with Crippen LogP contribution in [0.5, 0.6) is 0 Å². The van der Waals surface area contributed by atoms with Gasteiger partial charge in [0, 0.05) is 13.1 Å². The van der Waals surface area contributed by atoms with Crippen LogP contribution in [-0.4, -0.2) is 23.9 Å². The van der Waals surface area contributed by atoms with Crippen LogP contribution in [0, 0.1) is 18.2 Å². The third kappa shape index (κ3) is 2.89. The Morgan fingerprint density at radius 1 is 1.33 bits per heavy atom. The van der Waals surface area contributed by atoms with Crippen molar-refractivity contribution in [3.8, 4) is 0 Å². The van der Waals surface area contributed by atoms with Gasteiger partial charge in [0.15, 0.2) is 0 Å². The van der Waals surface area contributed by atoms with Crippen molar-refractivity contribution in [2.75, 3.05) is 7.05 Å². The summed E-state index contributed by atoms with van der Waals surface area (Å²) >= 11 is 0. The highest BCUT2D eigenvalue weighted by molar-refractivity contribution is 5.94. The van der Waals surface area contributed by atoms with Gasteiger partial charge < -0.3 is 4.90 Å². The summed E-state index contributed by atoms with van der Waals surface area (Å²) in [6.07, 6.45) is 0. The van der Waals surface area contributed by atoms with Gasteiger partial charge in [-0.05, 0) is 30.9 Å². The van der Waals surface area contributed by atoms with Crippen molar-refractivity contribution in [2.24, 2.45) is 5.41 Å². The Hall–Kier alpha value is -1.38. The number of hydrogen-bond donors (Lipinski definition) is 0. The van der Waals surface area contributed by atoms with E-state index < -0.39 is 5.82 Å². The van der Waals surface area contributed by atoms with E-state index in [2.05, 4.69) is 20.8 Å². The number of carbonyl (C=O) groups excluding carboxylic acids is 1. The third-order valence-corrected chi connectivity index (χ3v) is 3.58. The largest absolute Gasteiger partial charge is 0.338 e. The molecule has 1 amide bonds. The highest BCUT2D eigenvalue weighted by Gasteiger charge is 2.28. The average molecular weight is 251 g/mol. The second-order valence-electron chi connectivity index (χ2n) is 5.89. The van der Waals surface area contributed by atoms with E-state index in [1.165, 1.54) is 6.07 Å². The van der Waals surface area contributed by atoms with E-state index in [4.69, 9.17) is 0 Å². The Bertz CT molecular complexity index is 448. The van der Waals surface area contributed by atoms with Crippen molar-refractivity contribution in [1.29, 1.82) is 0 Å². The van der Waals surface area contributed by atoms with Gasteiger partial charge >= 0.3 is 0 Å². The molecule has 1 unspecified atom stereocenters. The molecule has 1 rings (SSSR count). The van der Waals surface area contributed by atoms with E-state index in [0.29, 0.717) is 5.56 Å². The summed E-state index contributed by atoms with van der Waals surface area (Å²) in [6.45, 7) is 9.83. The standard InChI is InChI=1S/C15H22FNO/c1-10-8-7-9-12(13(10)16)14(18)17(6)11(2)15(3,4)5/h7-9,11H,1-6H3. The first-order chi connectivity index (χ1) is 8.16. The number of amides is 1. The van der Waals surface area contributed by atoms with Crippen LogP contribution in [0.2, 0.25) is 0 Å². The molecular weight excluding hydrogens is 229 g/mol. The highest BCUT2D eigenvalue weighted by Crippen LogP contribution is 2.25. The predicted octanol–water partition coefficient (Wildman–Crippen LogP) is 3.64. The molecule has 0 spiro atoms. The predicted molar refractivity (Wildman–Crippen MR) is 72.1 cm³/mol. The summed E-state index contributed by atoms with van der Waals surface area (Å²) in [4.78, 5) is 13.9. The van der Waals surface area contributed by atoms with Crippen LogP contribution in [-0.2, 0) is 0 Å². The molecule has 0 saturated carbocycles. The maximum absolute atomic E-state index is 13.9. The summed E-state index contributed by atoms with van der Waals surface area (Å²) in [5, 5.41) is 0. The number of nitrogens with zero attached hydrogens (tertiary/aromatic N) is 1. The Morgan fingerprint density at radius 2 is 1.89 bits per heavy atom. The SMILES string of the molecule is Cc1cccc(C(=O)N(C)C(C)C(C)(C)C)c1F. The maximum atomic E-state index is 13.9. The summed E-state index contributed by atoms with van der Waals surface area (Å²) in [5.74, 6) is -0.686. The molecule has 0 saturated heterocycles. The number of benzene rings is 1.